The summed E-state index contributed by atoms with van der Waals surface area (Å²) in [7, 11) is 1.53. The third kappa shape index (κ3) is 9.18. The number of amides is 2. The molecule has 2 aromatic rings. The van der Waals surface area contributed by atoms with Gasteiger partial charge in [0.1, 0.15) is 18.1 Å². The number of alkyl carbamates (subject to hydrolysis) is 1. The number of anilines is 1. The third-order valence-electron chi connectivity index (χ3n) is 6.50. The number of methoxy groups -OCH3 is 1. The average molecular weight is 606 g/mol. The van der Waals surface area contributed by atoms with Gasteiger partial charge < -0.3 is 29.7 Å². The molecule has 2 heterocycles. The van der Waals surface area contributed by atoms with Gasteiger partial charge in [-0.3, -0.25) is 14.4 Å². The quantitative estimate of drug-likeness (QED) is 0.368. The molecule has 0 radical (unpaired) electrons. The summed E-state index contributed by atoms with van der Waals surface area (Å²) >= 11 is 6.52. The summed E-state index contributed by atoms with van der Waals surface area (Å²) in [6, 6.07) is 6.19. The third-order valence-corrected chi connectivity index (χ3v) is 6.87. The van der Waals surface area contributed by atoms with Crippen molar-refractivity contribution < 1.29 is 33.4 Å². The van der Waals surface area contributed by atoms with Gasteiger partial charge in [-0.2, -0.15) is 5.10 Å². The van der Waals surface area contributed by atoms with Crippen molar-refractivity contribution >= 4 is 41.2 Å². The molecule has 1 aliphatic heterocycles. The van der Waals surface area contributed by atoms with E-state index in [2.05, 4.69) is 20.6 Å². The fraction of sp³-hybridized carbons (Fsp3) is 0.552. The first kappa shape index (κ1) is 32.9. The molecule has 2 atom stereocenters. The van der Waals surface area contributed by atoms with Crippen LogP contribution in [0.15, 0.2) is 24.3 Å². The molecule has 2 N–H and O–H groups in total. The van der Waals surface area contributed by atoms with Gasteiger partial charge in [-0.15, -0.1) is 0 Å². The van der Waals surface area contributed by atoms with Crippen molar-refractivity contribution in [2.75, 3.05) is 31.7 Å². The summed E-state index contributed by atoms with van der Waals surface area (Å²) in [6.45, 7) is 8.84. The highest BCUT2D eigenvalue weighted by atomic mass is 35.5. The molecule has 12 nitrogen and oxygen atoms in total. The molecule has 13 heteroatoms. The first-order valence-corrected chi connectivity index (χ1v) is 14.2. The topological polar surface area (TPSA) is 141 Å². The Hall–Kier alpha value is -3.64. The lowest BCUT2D eigenvalue weighted by atomic mass is 10.0. The van der Waals surface area contributed by atoms with Gasteiger partial charge >= 0.3 is 12.1 Å². The van der Waals surface area contributed by atoms with Crippen LogP contribution in [0.3, 0.4) is 0 Å². The zero-order valence-electron chi connectivity index (χ0n) is 25.0. The second-order valence-corrected chi connectivity index (χ2v) is 11.6. The minimum Gasteiger partial charge on any atom is -0.458 e. The van der Waals surface area contributed by atoms with Crippen molar-refractivity contribution in [1.29, 1.82) is 0 Å². The molecular formula is C29H40ClN5O7. The number of carbonyl (C=O) groups excluding carboxylic acids is 4. The van der Waals surface area contributed by atoms with Crippen LogP contribution in [0.5, 0.6) is 0 Å². The Balaban J connectivity index is 1.97. The lowest BCUT2D eigenvalue weighted by Crippen LogP contribution is -2.49. The molecule has 3 rings (SSSR count). The largest absolute Gasteiger partial charge is 0.458 e. The second-order valence-electron chi connectivity index (χ2n) is 11.2. The zero-order chi connectivity index (χ0) is 31.0. The van der Waals surface area contributed by atoms with E-state index in [4.69, 9.17) is 25.8 Å². The van der Waals surface area contributed by atoms with Gasteiger partial charge in [-0.1, -0.05) is 29.8 Å². The summed E-state index contributed by atoms with van der Waals surface area (Å²) < 4.78 is 17.3. The van der Waals surface area contributed by atoms with Gasteiger partial charge in [-0.05, 0) is 52.2 Å². The molecule has 230 valence electrons. The summed E-state index contributed by atoms with van der Waals surface area (Å²) in [6.07, 6.45) is 1.30. The minimum atomic E-state index is -0.932. The minimum absolute atomic E-state index is 0.0553. The van der Waals surface area contributed by atoms with Crippen LogP contribution in [0, 0.1) is 0 Å². The molecule has 0 aliphatic carbocycles. The van der Waals surface area contributed by atoms with Crippen molar-refractivity contribution in [2.24, 2.45) is 0 Å². The fourth-order valence-electron chi connectivity index (χ4n) is 4.64. The molecule has 1 aliphatic rings. The van der Waals surface area contributed by atoms with Gasteiger partial charge in [0.05, 0.1) is 6.04 Å². The molecule has 0 saturated carbocycles. The van der Waals surface area contributed by atoms with Crippen LogP contribution >= 0.6 is 11.6 Å². The number of carbonyl (C=O) groups is 4. The lowest BCUT2D eigenvalue weighted by molar-refractivity contribution is -0.146. The fourth-order valence-corrected chi connectivity index (χ4v) is 4.84. The van der Waals surface area contributed by atoms with E-state index >= 15 is 0 Å². The number of hydrogen-bond donors (Lipinski definition) is 2. The molecule has 0 spiro atoms. The normalized spacial score (nSPS) is 16.0. The Morgan fingerprint density at radius 2 is 1.90 bits per heavy atom. The number of nitrogens with one attached hydrogen (secondary N) is 2. The van der Waals surface area contributed by atoms with Crippen LogP contribution < -0.4 is 15.5 Å². The van der Waals surface area contributed by atoms with Crippen molar-refractivity contribution in [3.05, 3.63) is 46.1 Å². The molecule has 1 aromatic carbocycles. The van der Waals surface area contributed by atoms with E-state index in [0.717, 1.165) is 18.4 Å². The summed E-state index contributed by atoms with van der Waals surface area (Å²) in [5, 5.41) is 10.8. The standard InChI is InChI=1S/C29H40ClN5O7/c1-18(24(37)16-41-19(2)36)31-26(38)25-22(14-20-10-7-8-12-23(20)30)27(35(33-25)17-40-6)34-13-9-11-21(15-34)32-28(39)42-29(3,4)5/h7-8,10,12,18,21H,9,11,13-17H2,1-6H3,(H,31,38)(H,32,39)/t18?,21-/m1/s1. The van der Waals surface area contributed by atoms with Gasteiger partial charge in [0.15, 0.2) is 18.1 Å². The monoisotopic (exact) mass is 605 g/mol. The van der Waals surface area contributed by atoms with Gasteiger partial charge in [-0.25, -0.2) is 9.48 Å². The summed E-state index contributed by atoms with van der Waals surface area (Å²) in [5.41, 5.74) is 0.855. The number of rotatable bonds is 11. The van der Waals surface area contributed by atoms with Crippen LogP contribution in [0.25, 0.3) is 0 Å². The number of aromatic nitrogens is 2. The van der Waals surface area contributed by atoms with Gasteiger partial charge in [0.2, 0.25) is 0 Å². The maximum atomic E-state index is 13.6. The second kappa shape index (κ2) is 14.5. The van der Waals surface area contributed by atoms with E-state index in [1.54, 1.807) is 31.5 Å². The number of nitrogens with zero attached hydrogens (tertiary/aromatic N) is 3. The number of Topliss-reactive ketones (excluding diaryl/α,β-unsaturated/α-hetero) is 1. The molecule has 1 saturated heterocycles. The lowest BCUT2D eigenvalue weighted by Gasteiger charge is -2.35. The van der Waals surface area contributed by atoms with Crippen LogP contribution in [0.1, 0.15) is 69.1 Å². The van der Waals surface area contributed by atoms with Crippen LogP contribution in [-0.2, 0) is 37.0 Å². The Morgan fingerprint density at radius 1 is 1.19 bits per heavy atom. The maximum Gasteiger partial charge on any atom is 0.407 e. The Bertz CT molecular complexity index is 1290. The number of ether oxygens (including phenoxy) is 3. The molecular weight excluding hydrogens is 566 g/mol. The average Bonchev–Trinajstić information content (AvgIpc) is 3.25. The summed E-state index contributed by atoms with van der Waals surface area (Å²) in [4.78, 5) is 51.7. The van der Waals surface area contributed by atoms with E-state index in [-0.39, 0.29) is 24.9 Å². The van der Waals surface area contributed by atoms with Crippen molar-refractivity contribution in [1.82, 2.24) is 20.4 Å². The van der Waals surface area contributed by atoms with Crippen molar-refractivity contribution in [2.45, 2.75) is 78.3 Å². The van der Waals surface area contributed by atoms with Crippen LogP contribution in [0.2, 0.25) is 5.02 Å². The maximum absolute atomic E-state index is 13.6. The summed E-state index contributed by atoms with van der Waals surface area (Å²) in [5.74, 6) is -0.975. The van der Waals surface area contributed by atoms with Crippen molar-refractivity contribution in [3.63, 3.8) is 0 Å². The number of hydrogen-bond acceptors (Lipinski definition) is 9. The predicted molar refractivity (Wildman–Crippen MR) is 157 cm³/mol. The molecule has 2 amide bonds. The first-order valence-electron chi connectivity index (χ1n) is 13.8. The molecule has 42 heavy (non-hydrogen) atoms. The van der Waals surface area contributed by atoms with E-state index in [1.807, 2.05) is 18.2 Å². The number of halogens is 1. The van der Waals surface area contributed by atoms with Gasteiger partial charge in [0, 0.05) is 50.2 Å². The van der Waals surface area contributed by atoms with Crippen LogP contribution in [-0.4, -0.2) is 78.0 Å². The Kier molecular flexibility index (Phi) is 11.3. The molecule has 1 unspecified atom stereocenters. The molecule has 1 aromatic heterocycles. The van der Waals surface area contributed by atoms with E-state index in [0.29, 0.717) is 29.5 Å². The zero-order valence-corrected chi connectivity index (χ0v) is 25.7. The highest BCUT2D eigenvalue weighted by molar-refractivity contribution is 6.31. The highest BCUT2D eigenvalue weighted by Crippen LogP contribution is 2.31. The number of piperidine rings is 1. The van der Waals surface area contributed by atoms with Crippen LogP contribution in [0.4, 0.5) is 10.6 Å². The predicted octanol–water partition coefficient (Wildman–Crippen LogP) is 3.48. The van der Waals surface area contributed by atoms with Crippen molar-refractivity contribution in [3.8, 4) is 0 Å². The smallest absolute Gasteiger partial charge is 0.407 e. The number of ketones is 1. The number of benzene rings is 1. The Labute approximate surface area is 251 Å². The van der Waals surface area contributed by atoms with Gasteiger partial charge in [0.25, 0.3) is 5.91 Å². The van der Waals surface area contributed by atoms with E-state index < -0.39 is 42.0 Å². The molecule has 1 fully saturated rings. The van der Waals surface area contributed by atoms with E-state index in [1.165, 1.54) is 21.0 Å². The SMILES string of the molecule is COCn1nc(C(=O)NC(C)C(=O)COC(C)=O)c(Cc2ccccc2Cl)c1N1CCC[C@@H](NC(=O)OC(C)(C)C)C1. The highest BCUT2D eigenvalue weighted by Gasteiger charge is 2.32. The van der Waals surface area contributed by atoms with E-state index in [9.17, 15) is 19.2 Å². The molecule has 0 bridgehead atoms. The first-order chi connectivity index (χ1) is 19.8. The number of esters is 1. The Morgan fingerprint density at radius 3 is 2.55 bits per heavy atom.